The van der Waals surface area contributed by atoms with Crippen LogP contribution in [0.2, 0.25) is 15.1 Å². The molecule has 9 unspecified atom stereocenters. The van der Waals surface area contributed by atoms with E-state index in [9.17, 15) is 0 Å². The Labute approximate surface area is 803 Å². The smallest absolute Gasteiger partial charge is 0.104 e. The van der Waals surface area contributed by atoms with Gasteiger partial charge < -0.3 is 71.2 Å². The molecule has 0 spiro atoms. The van der Waals surface area contributed by atoms with Gasteiger partial charge in [-0.15, -0.1) is 79.8 Å². The first kappa shape index (κ1) is 103. The molecule has 0 bridgehead atoms. The highest BCUT2D eigenvalue weighted by molar-refractivity contribution is 8.00. The van der Waals surface area contributed by atoms with Gasteiger partial charge >= 0.3 is 0 Å². The number of benzene rings is 8. The summed E-state index contributed by atoms with van der Waals surface area (Å²) in [5.74, 6) is 0.702. The van der Waals surface area contributed by atoms with Crippen molar-refractivity contribution in [2.45, 2.75) is 169 Å². The molecule has 24 heteroatoms. The summed E-state index contributed by atoms with van der Waals surface area (Å²) in [4.78, 5) is 9.61. The molecule has 8 aromatic carbocycles. The molecule has 688 valence electrons. The van der Waals surface area contributed by atoms with Crippen LogP contribution in [0.15, 0.2) is 163 Å². The number of thioether (sulfide) groups is 1. The molecule has 0 aliphatic carbocycles. The topological polar surface area (TPSA) is 177 Å². The van der Waals surface area contributed by atoms with Crippen molar-refractivity contribution in [2.75, 3.05) is 127 Å². The van der Waals surface area contributed by atoms with Crippen LogP contribution in [-0.4, -0.2) is 138 Å². The zero-order valence-corrected chi connectivity index (χ0v) is 79.3. The van der Waals surface area contributed by atoms with Gasteiger partial charge in [0.15, 0.2) is 0 Å². The van der Waals surface area contributed by atoms with Crippen molar-refractivity contribution in [3.8, 4) is 11.1 Å². The Morgan fingerprint density at radius 1 is 0.359 bits per heavy atom. The van der Waals surface area contributed by atoms with E-state index >= 15 is 0 Å². The molecule has 14 aromatic rings. The van der Waals surface area contributed by atoms with E-state index in [-0.39, 0.29) is 73.8 Å². The number of fused-ring (bicyclic) bond motifs is 21. The SMILES string of the molecule is C.C.C.C.C.CCNCC1OCCc2c1sc1ccccc21.CNCC1OCCC2c3ccccc3SC12.CNCC1OCCc2c1sc1cc(C)c(Cl)cc21.CNCC1OCCc2c1sc1ccc(-c3ccccc3)cc21.CNCC1OCCc2c1sc1ccc(C)c(Cl)c21.Cc1ccc2sc3c(c2c1Cl)CCOC3CN.NCC1OCCc2c1sc1ccccc21. The molecule has 14 nitrogen and oxygen atoms in total. The second kappa shape index (κ2) is 48.4. The highest BCUT2D eigenvalue weighted by Gasteiger charge is 2.42. The fourth-order valence-electron chi connectivity index (χ4n) is 18.1. The Morgan fingerprint density at radius 2 is 0.750 bits per heavy atom. The molecule has 1 saturated heterocycles. The molecule has 128 heavy (non-hydrogen) atoms. The maximum atomic E-state index is 6.48. The van der Waals surface area contributed by atoms with Gasteiger partial charge in [0.05, 0.1) is 55.8 Å². The van der Waals surface area contributed by atoms with Gasteiger partial charge in [-0.3, -0.25) is 0 Å². The van der Waals surface area contributed by atoms with Crippen LogP contribution < -0.4 is 38.1 Å². The number of rotatable bonds is 14. The van der Waals surface area contributed by atoms with Crippen molar-refractivity contribution < 1.29 is 33.2 Å². The Balaban J connectivity index is 0.000000144. The maximum Gasteiger partial charge on any atom is 0.104 e. The lowest BCUT2D eigenvalue weighted by molar-refractivity contribution is 0.0152. The van der Waals surface area contributed by atoms with Gasteiger partial charge in [-0.25, -0.2) is 0 Å². The molecule has 9 N–H and O–H groups in total. The highest BCUT2D eigenvalue weighted by Crippen LogP contribution is 2.52. The average Bonchev–Trinajstić information content (AvgIpc) is 1.62. The number of hydrogen-bond acceptors (Lipinski definition) is 21. The molecular formula is C104H132Cl3N7O7S7. The minimum atomic E-state index is 0. The lowest BCUT2D eigenvalue weighted by Gasteiger charge is -2.33. The molecule has 9 atom stereocenters. The van der Waals surface area contributed by atoms with Crippen molar-refractivity contribution in [3.63, 3.8) is 0 Å². The first-order chi connectivity index (χ1) is 60.2. The standard InChI is InChI=1S/C19H19NOS.2C14H16ClNOS.C14H17NOS.C13H14ClNOS.C13H17NOS.C12H13NOS.5CH4/c1-20-12-17-19-15(9-10-21-17)16-11-14(7-8-18(16)22-19)13-5-3-2-4-6-13;1-8-5-13-10(6-11(8)15)9-3-4-17-12(7-16-2)14(9)18-13;1-8-3-4-11-12(13(8)15)9-5-6-17-10(7-16-2)14(9)18-11;1-2-15-9-12-14-11(7-8-16-12)10-5-3-4-6-13(10)17-14;1-7-2-3-10-11(12(7)14)8-4-5-16-9(6-15)13(8)17-10;1-14-8-11-13-10(6-7-15-11)9-4-2-3-5-12(9)16-13;13-7-10-12-9(5-6-14-10)8-3-1-2-4-11(8)15-12;;;;;/h2-8,11,17,20H,9-10,12H2,1H3;5-6,12,16H,3-4,7H2,1-2H3;3-4,10,16H,5-7H2,1-2H3;3-6,12,15H,2,7-9H2,1H3;2-3,9H,4-6,15H2,1H3;2-5,10-11,13-14H,6-8H2,1H3;1-4,10H,5-7,13H2;5*1H4. The van der Waals surface area contributed by atoms with E-state index in [1.165, 1.54) is 146 Å². The first-order valence-electron chi connectivity index (χ1n) is 43.2. The van der Waals surface area contributed by atoms with Gasteiger partial charge in [-0.05, 0) is 243 Å². The van der Waals surface area contributed by atoms with Crippen molar-refractivity contribution >= 4 is 175 Å². The predicted molar refractivity (Wildman–Crippen MR) is 559 cm³/mol. The zero-order chi connectivity index (χ0) is 85.2. The zero-order valence-electron chi connectivity index (χ0n) is 71.3. The van der Waals surface area contributed by atoms with Crippen LogP contribution in [0.1, 0.15) is 178 Å². The average molecular weight is 1920 g/mol. The third-order valence-electron chi connectivity index (χ3n) is 24.2. The van der Waals surface area contributed by atoms with E-state index in [1.807, 2.05) is 104 Å². The van der Waals surface area contributed by atoms with Gasteiger partial charge in [0.25, 0.3) is 0 Å². The summed E-state index contributed by atoms with van der Waals surface area (Å²) in [7, 11) is 7.91. The Morgan fingerprint density at radius 3 is 1.24 bits per heavy atom. The molecule has 0 radical (unpaired) electrons. The lowest BCUT2D eigenvalue weighted by Crippen LogP contribution is -2.41. The number of hydrogen-bond donors (Lipinski definition) is 7. The van der Waals surface area contributed by atoms with E-state index in [0.717, 1.165) is 156 Å². The number of halogens is 3. The molecule has 0 saturated carbocycles. The van der Waals surface area contributed by atoms with E-state index in [1.54, 1.807) is 16.9 Å². The largest absolute Gasteiger partial charge is 0.376 e. The minimum Gasteiger partial charge on any atom is -0.376 e. The molecule has 22 rings (SSSR count). The summed E-state index contributed by atoms with van der Waals surface area (Å²) in [5.41, 5.74) is 27.7. The fourth-order valence-corrected chi connectivity index (χ4v) is 28.4. The van der Waals surface area contributed by atoms with Crippen LogP contribution in [0, 0.1) is 20.8 Å². The molecular weight excluding hydrogens is 1790 g/mol. The Kier molecular flexibility index (Phi) is 38.8. The van der Waals surface area contributed by atoms with Crippen LogP contribution in [0.25, 0.3) is 71.6 Å². The van der Waals surface area contributed by atoms with Crippen LogP contribution >= 0.6 is 115 Å². The van der Waals surface area contributed by atoms with Gasteiger partial charge in [0.2, 0.25) is 0 Å². The predicted octanol–water partition coefficient (Wildman–Crippen LogP) is 26.3. The first-order valence-corrected chi connectivity index (χ1v) is 50.1. The third-order valence-corrected chi connectivity index (χ3v) is 34.9. The summed E-state index contributed by atoms with van der Waals surface area (Å²) in [6.45, 7) is 20.6. The fraction of sp³-hybridized carbons (Fsp3) is 0.423. The highest BCUT2D eigenvalue weighted by atomic mass is 35.5. The number of likely N-dealkylation sites (N-methyl/N-ethyl adjacent to an activating group) is 5. The van der Waals surface area contributed by atoms with Crippen LogP contribution in [0.4, 0.5) is 0 Å². The van der Waals surface area contributed by atoms with E-state index in [4.69, 9.17) is 79.4 Å². The summed E-state index contributed by atoms with van der Waals surface area (Å²) >= 11 is 32.2. The van der Waals surface area contributed by atoms with Gasteiger partial charge in [0, 0.05) is 142 Å². The van der Waals surface area contributed by atoms with Crippen LogP contribution in [-0.2, 0) is 71.7 Å². The second-order valence-corrected chi connectivity index (χ2v) is 41.0. The lowest BCUT2D eigenvalue weighted by atomic mass is 9.88. The second-order valence-electron chi connectivity index (χ2n) is 32.1. The van der Waals surface area contributed by atoms with Gasteiger partial charge in [-0.1, -0.05) is 182 Å². The third kappa shape index (κ3) is 22.4. The molecule has 1 fully saturated rings. The number of ether oxygens (including phenoxy) is 7. The van der Waals surface area contributed by atoms with Crippen molar-refractivity contribution in [1.82, 2.24) is 26.6 Å². The number of thiophene rings is 6. The van der Waals surface area contributed by atoms with Crippen LogP contribution in [0.3, 0.4) is 0 Å². The molecule has 0 amide bonds. The normalized spacial score (nSPS) is 20.0. The summed E-state index contributed by atoms with van der Waals surface area (Å²) in [5, 5.41) is 27.5. The number of nitrogens with two attached hydrogens (primary N) is 2. The molecule has 8 aliphatic heterocycles. The summed E-state index contributed by atoms with van der Waals surface area (Å²) < 4.78 is 48.7. The van der Waals surface area contributed by atoms with Crippen LogP contribution in [0.5, 0.6) is 0 Å². The monoisotopic (exact) mass is 1920 g/mol. The Bertz CT molecular complexity index is 5950. The van der Waals surface area contributed by atoms with E-state index in [2.05, 4.69) is 205 Å². The molecule has 6 aromatic heterocycles. The quantitative estimate of drug-likeness (QED) is 0.0547. The van der Waals surface area contributed by atoms with Crippen molar-refractivity contribution in [3.05, 3.63) is 258 Å². The Hall–Kier alpha value is -5.82. The molecule has 8 aliphatic rings. The number of nitrogens with one attached hydrogen (secondary N) is 5. The summed E-state index contributed by atoms with van der Waals surface area (Å²) in [6.07, 6.45) is 8.52. The van der Waals surface area contributed by atoms with E-state index in [0.29, 0.717) is 30.4 Å². The minimum absolute atomic E-state index is 0. The number of aryl methyl sites for hydroxylation is 3. The van der Waals surface area contributed by atoms with Crippen molar-refractivity contribution in [1.29, 1.82) is 0 Å². The summed E-state index contributed by atoms with van der Waals surface area (Å²) in [6, 6.07) is 56.3. The van der Waals surface area contributed by atoms with E-state index < -0.39 is 0 Å². The van der Waals surface area contributed by atoms with Gasteiger partial charge in [-0.2, -0.15) is 0 Å². The molecule has 14 heterocycles. The van der Waals surface area contributed by atoms with Crippen molar-refractivity contribution in [2.24, 2.45) is 11.5 Å². The van der Waals surface area contributed by atoms with Gasteiger partial charge in [0.1, 0.15) is 36.6 Å². The maximum absolute atomic E-state index is 6.48.